The number of ether oxygens (including phenoxy) is 1. The van der Waals surface area contributed by atoms with Gasteiger partial charge in [-0.3, -0.25) is 14.6 Å². The SMILES string of the molecule is O=C(CN1C(=O)[C@@]2(COc3ccc(F)cc3)C[C@H]2c2ccccc21)NCc1ccncc1. The highest BCUT2D eigenvalue weighted by Gasteiger charge is 2.66. The molecule has 0 unspecified atom stereocenters. The number of halogens is 1. The Morgan fingerprint density at radius 1 is 1.12 bits per heavy atom. The van der Waals surface area contributed by atoms with E-state index in [9.17, 15) is 14.0 Å². The molecule has 32 heavy (non-hydrogen) atoms. The molecule has 0 spiro atoms. The number of hydrogen-bond acceptors (Lipinski definition) is 4. The van der Waals surface area contributed by atoms with Crippen LogP contribution in [-0.4, -0.2) is 29.9 Å². The van der Waals surface area contributed by atoms with E-state index in [-0.39, 0.29) is 36.7 Å². The maximum absolute atomic E-state index is 13.5. The van der Waals surface area contributed by atoms with Crippen molar-refractivity contribution in [3.63, 3.8) is 0 Å². The van der Waals surface area contributed by atoms with Crippen molar-refractivity contribution in [2.24, 2.45) is 5.41 Å². The Hall–Kier alpha value is -3.74. The molecule has 1 N–H and O–H groups in total. The molecule has 1 saturated carbocycles. The summed E-state index contributed by atoms with van der Waals surface area (Å²) in [5.41, 5.74) is 2.06. The van der Waals surface area contributed by atoms with Crippen molar-refractivity contribution < 1.29 is 18.7 Å². The molecule has 3 aromatic rings. The van der Waals surface area contributed by atoms with Crippen molar-refractivity contribution >= 4 is 17.5 Å². The molecular weight excluding hydrogens is 409 g/mol. The van der Waals surface area contributed by atoms with Gasteiger partial charge in [0.25, 0.3) is 0 Å². The normalized spacial score (nSPS) is 20.8. The van der Waals surface area contributed by atoms with Crippen LogP contribution in [0.25, 0.3) is 0 Å². The zero-order chi connectivity index (χ0) is 22.1. The maximum atomic E-state index is 13.5. The van der Waals surface area contributed by atoms with E-state index < -0.39 is 5.41 Å². The van der Waals surface area contributed by atoms with Crippen LogP contribution in [0.5, 0.6) is 5.75 Å². The number of nitrogens with one attached hydrogen (secondary N) is 1. The molecule has 1 fully saturated rings. The fraction of sp³-hybridized carbons (Fsp3) is 0.240. The standard InChI is InChI=1S/C25H22FN3O3/c26-18-5-7-19(8-6-18)32-16-25-13-21(25)20-3-1-2-4-22(20)29(24(25)31)15-23(30)28-14-17-9-11-27-12-10-17/h1-12,21H,13-16H2,(H,28,30)/t21-,25+/m0/s1. The summed E-state index contributed by atoms with van der Waals surface area (Å²) in [6, 6.07) is 17.1. The molecule has 162 valence electrons. The number of para-hydroxylation sites is 1. The van der Waals surface area contributed by atoms with Crippen LogP contribution in [0.15, 0.2) is 73.1 Å². The number of benzene rings is 2. The summed E-state index contributed by atoms with van der Waals surface area (Å²) in [7, 11) is 0. The number of carbonyl (C=O) groups excluding carboxylic acids is 2. The summed E-state index contributed by atoms with van der Waals surface area (Å²) in [5.74, 6) is -0.116. The summed E-state index contributed by atoms with van der Waals surface area (Å²) >= 11 is 0. The minimum Gasteiger partial charge on any atom is -0.492 e. The van der Waals surface area contributed by atoms with Crippen LogP contribution >= 0.6 is 0 Å². The number of rotatable bonds is 7. The van der Waals surface area contributed by atoms with Gasteiger partial charge < -0.3 is 15.0 Å². The molecule has 1 aromatic heterocycles. The van der Waals surface area contributed by atoms with Gasteiger partial charge in [-0.1, -0.05) is 18.2 Å². The van der Waals surface area contributed by atoms with Gasteiger partial charge in [-0.05, 0) is 60.0 Å². The van der Waals surface area contributed by atoms with Crippen LogP contribution in [0.2, 0.25) is 0 Å². The molecule has 0 bridgehead atoms. The van der Waals surface area contributed by atoms with Crippen LogP contribution < -0.4 is 15.0 Å². The van der Waals surface area contributed by atoms with Crippen molar-refractivity contribution in [3.8, 4) is 5.75 Å². The lowest BCUT2D eigenvalue weighted by Crippen LogP contribution is -2.48. The highest BCUT2D eigenvalue weighted by molar-refractivity contribution is 6.07. The van der Waals surface area contributed by atoms with Crippen molar-refractivity contribution in [3.05, 3.63) is 90.0 Å². The van der Waals surface area contributed by atoms with E-state index in [1.807, 2.05) is 36.4 Å². The van der Waals surface area contributed by atoms with Crippen LogP contribution in [0.1, 0.15) is 23.5 Å². The van der Waals surface area contributed by atoms with E-state index in [0.717, 1.165) is 16.8 Å². The third-order valence-corrected chi connectivity index (χ3v) is 6.20. The minimum atomic E-state index is -0.700. The Kier molecular flexibility index (Phi) is 5.09. The first-order chi connectivity index (χ1) is 15.6. The lowest BCUT2D eigenvalue weighted by Gasteiger charge is -2.33. The molecular formula is C25H22FN3O3. The van der Waals surface area contributed by atoms with E-state index >= 15 is 0 Å². The highest BCUT2D eigenvalue weighted by atomic mass is 19.1. The van der Waals surface area contributed by atoms with Gasteiger partial charge in [0, 0.05) is 30.5 Å². The molecule has 2 aliphatic rings. The molecule has 0 saturated heterocycles. The molecule has 0 radical (unpaired) electrons. The number of fused-ring (bicyclic) bond motifs is 3. The second kappa shape index (κ2) is 8.07. The Morgan fingerprint density at radius 3 is 2.66 bits per heavy atom. The lowest BCUT2D eigenvalue weighted by atomic mass is 9.92. The van der Waals surface area contributed by atoms with Crippen LogP contribution in [0.3, 0.4) is 0 Å². The molecule has 2 atom stereocenters. The molecule has 1 aliphatic heterocycles. The Morgan fingerprint density at radius 2 is 1.88 bits per heavy atom. The summed E-state index contributed by atoms with van der Waals surface area (Å²) in [5, 5.41) is 2.87. The van der Waals surface area contributed by atoms with Crippen LogP contribution in [-0.2, 0) is 16.1 Å². The summed E-state index contributed by atoms with van der Waals surface area (Å²) < 4.78 is 19.0. The largest absolute Gasteiger partial charge is 0.492 e. The Labute approximate surface area is 185 Å². The first kappa shape index (κ1) is 20.2. The van der Waals surface area contributed by atoms with Crippen molar-refractivity contribution in [1.29, 1.82) is 0 Å². The first-order valence-corrected chi connectivity index (χ1v) is 10.5. The fourth-order valence-electron chi connectivity index (χ4n) is 4.38. The quantitative estimate of drug-likeness (QED) is 0.622. The molecule has 5 rings (SSSR count). The average molecular weight is 431 g/mol. The number of nitrogens with zero attached hydrogens (tertiary/aromatic N) is 2. The molecule has 2 amide bonds. The van der Waals surface area contributed by atoms with Gasteiger partial charge >= 0.3 is 0 Å². The summed E-state index contributed by atoms with van der Waals surface area (Å²) in [6.07, 6.45) is 4.01. The summed E-state index contributed by atoms with van der Waals surface area (Å²) in [4.78, 5) is 31.8. The second-order valence-corrected chi connectivity index (χ2v) is 8.24. The predicted octanol–water partition coefficient (Wildman–Crippen LogP) is 3.44. The molecule has 7 heteroatoms. The van der Waals surface area contributed by atoms with E-state index in [1.54, 1.807) is 29.4 Å². The third kappa shape index (κ3) is 3.70. The maximum Gasteiger partial charge on any atom is 0.240 e. The minimum absolute atomic E-state index is 0.0581. The third-order valence-electron chi connectivity index (χ3n) is 6.20. The zero-order valence-electron chi connectivity index (χ0n) is 17.3. The monoisotopic (exact) mass is 431 g/mol. The van der Waals surface area contributed by atoms with Gasteiger partial charge in [0.2, 0.25) is 11.8 Å². The summed E-state index contributed by atoms with van der Waals surface area (Å²) in [6.45, 7) is 0.490. The fourth-order valence-corrected chi connectivity index (χ4v) is 4.38. The highest BCUT2D eigenvalue weighted by Crippen LogP contribution is 2.65. The van der Waals surface area contributed by atoms with E-state index in [4.69, 9.17) is 4.74 Å². The van der Waals surface area contributed by atoms with Gasteiger partial charge in [0.05, 0.1) is 5.41 Å². The topological polar surface area (TPSA) is 71.5 Å². The smallest absolute Gasteiger partial charge is 0.240 e. The van der Waals surface area contributed by atoms with Gasteiger partial charge in [0.1, 0.15) is 24.7 Å². The lowest BCUT2D eigenvalue weighted by molar-refractivity contribution is -0.128. The van der Waals surface area contributed by atoms with Crippen LogP contribution in [0, 0.1) is 11.2 Å². The van der Waals surface area contributed by atoms with E-state index in [0.29, 0.717) is 18.7 Å². The number of pyridine rings is 1. The predicted molar refractivity (Wildman–Crippen MR) is 117 cm³/mol. The van der Waals surface area contributed by atoms with Crippen molar-refractivity contribution in [1.82, 2.24) is 10.3 Å². The molecule has 1 aliphatic carbocycles. The van der Waals surface area contributed by atoms with E-state index in [2.05, 4.69) is 10.3 Å². The number of hydrogen-bond donors (Lipinski definition) is 1. The van der Waals surface area contributed by atoms with Gasteiger partial charge in [-0.15, -0.1) is 0 Å². The molecule has 2 aromatic carbocycles. The zero-order valence-corrected chi connectivity index (χ0v) is 17.3. The molecule has 2 heterocycles. The Bertz CT molecular complexity index is 1150. The van der Waals surface area contributed by atoms with E-state index in [1.165, 1.54) is 12.1 Å². The number of aromatic nitrogens is 1. The van der Waals surface area contributed by atoms with Gasteiger partial charge in [-0.25, -0.2) is 4.39 Å². The number of anilines is 1. The van der Waals surface area contributed by atoms with Crippen molar-refractivity contribution in [2.45, 2.75) is 18.9 Å². The Balaban J connectivity index is 1.32. The number of amides is 2. The van der Waals surface area contributed by atoms with Gasteiger partial charge in [-0.2, -0.15) is 0 Å². The molecule has 6 nitrogen and oxygen atoms in total. The average Bonchev–Trinajstić information content (AvgIpc) is 3.57. The van der Waals surface area contributed by atoms with Crippen LogP contribution in [0.4, 0.5) is 10.1 Å². The second-order valence-electron chi connectivity index (χ2n) is 8.24. The first-order valence-electron chi connectivity index (χ1n) is 10.5. The van der Waals surface area contributed by atoms with Crippen molar-refractivity contribution in [2.75, 3.05) is 18.1 Å². The van der Waals surface area contributed by atoms with Gasteiger partial charge in [0.15, 0.2) is 0 Å². The number of carbonyl (C=O) groups is 2.